The second kappa shape index (κ2) is 14.1. The van der Waals surface area contributed by atoms with Crippen molar-refractivity contribution in [1.29, 1.82) is 0 Å². The molecule has 0 saturated carbocycles. The van der Waals surface area contributed by atoms with Crippen LogP contribution >= 0.6 is 11.6 Å². The molecule has 5 N–H and O–H groups in total. The zero-order valence-corrected chi connectivity index (χ0v) is 30.2. The van der Waals surface area contributed by atoms with Crippen LogP contribution in [0.25, 0.3) is 90.9 Å². The smallest absolute Gasteiger partial charge is 0.326 e. The van der Waals surface area contributed by atoms with Crippen LogP contribution in [0, 0.1) is 0 Å². The van der Waals surface area contributed by atoms with E-state index in [2.05, 4.69) is 9.97 Å². The molecule has 0 radical (unpaired) electrons. The molecular formula is C46H31ClN4O5. The Bertz CT molecular complexity index is 2850. The molecule has 0 fully saturated rings. The minimum Gasteiger partial charge on any atom is -0.508 e. The van der Waals surface area contributed by atoms with E-state index in [1.54, 1.807) is 48.5 Å². The molecule has 0 saturated heterocycles. The van der Waals surface area contributed by atoms with Gasteiger partial charge in [-0.1, -0.05) is 48.5 Å². The van der Waals surface area contributed by atoms with Crippen molar-refractivity contribution in [3.05, 3.63) is 144 Å². The number of phenolic OH excluding ortho intramolecular Hbond substituents is 3. The first-order valence-electron chi connectivity index (χ1n) is 17.7. The van der Waals surface area contributed by atoms with Gasteiger partial charge < -0.3 is 30.0 Å². The van der Waals surface area contributed by atoms with Gasteiger partial charge in [-0.15, -0.1) is 11.6 Å². The van der Waals surface area contributed by atoms with Crippen LogP contribution in [-0.4, -0.2) is 47.1 Å². The summed E-state index contributed by atoms with van der Waals surface area (Å²) in [4.78, 5) is 29.8. The standard InChI is InChI=1S/C46H31ClN4O5/c47-25-42(55)56-33-15-7-29(8-16-33)46-40-23-21-38(50-40)44(27-3-11-31(53)12-4-27)36-19-17-34(48-36)43(26-1-9-30(52)10-2-26)35-18-20-37(49-35)45(39-22-24-41(46)51-39)28-5-13-32(54)14-6-28/h1-24,48,51-54H,25H2. The first kappa shape index (κ1) is 34.4. The van der Waals surface area contributed by atoms with E-state index in [1.165, 1.54) is 0 Å². The molecule has 4 aromatic carbocycles. The first-order chi connectivity index (χ1) is 27.3. The Kier molecular flexibility index (Phi) is 8.68. The van der Waals surface area contributed by atoms with Crippen LogP contribution in [0.15, 0.2) is 121 Å². The van der Waals surface area contributed by atoms with Gasteiger partial charge in [-0.25, -0.2) is 9.97 Å². The Labute approximate surface area is 325 Å². The minimum atomic E-state index is -0.549. The first-order valence-corrected chi connectivity index (χ1v) is 18.3. The zero-order chi connectivity index (χ0) is 38.3. The van der Waals surface area contributed by atoms with Gasteiger partial charge in [0.2, 0.25) is 0 Å². The maximum atomic E-state index is 11.9. The number of esters is 1. The third-order valence-electron chi connectivity index (χ3n) is 9.71. The highest BCUT2D eigenvalue weighted by Gasteiger charge is 2.19. The van der Waals surface area contributed by atoms with Crippen LogP contribution in [0.3, 0.4) is 0 Å². The molecule has 7 aromatic rings. The number of nitrogens with zero attached hydrogens (tertiary/aromatic N) is 2. The van der Waals surface area contributed by atoms with Gasteiger partial charge in [-0.05, 0) is 119 Å². The summed E-state index contributed by atoms with van der Waals surface area (Å²) in [6, 6.07) is 36.3. The fraction of sp³-hybridized carbons (Fsp3) is 0.0217. The highest BCUT2D eigenvalue weighted by atomic mass is 35.5. The Morgan fingerprint density at radius 2 is 0.750 bits per heavy atom. The molecule has 0 aliphatic carbocycles. The van der Waals surface area contributed by atoms with Crippen molar-refractivity contribution < 1.29 is 24.9 Å². The number of hydrogen-bond acceptors (Lipinski definition) is 7. The van der Waals surface area contributed by atoms with Crippen molar-refractivity contribution in [1.82, 2.24) is 19.9 Å². The molecule has 5 heterocycles. The number of ether oxygens (including phenoxy) is 1. The van der Waals surface area contributed by atoms with E-state index >= 15 is 0 Å². The molecule has 2 aliphatic rings. The Balaban J connectivity index is 1.42. The predicted molar refractivity (Wildman–Crippen MR) is 222 cm³/mol. The molecule has 9 rings (SSSR count). The maximum absolute atomic E-state index is 11.9. The van der Waals surface area contributed by atoms with Crippen LogP contribution in [0.1, 0.15) is 22.8 Å². The number of aromatic hydroxyl groups is 3. The van der Waals surface area contributed by atoms with Gasteiger partial charge in [-0.3, -0.25) is 4.79 Å². The number of benzene rings is 4. The number of alkyl halides is 1. The molecular weight excluding hydrogens is 724 g/mol. The topological polar surface area (TPSA) is 144 Å². The number of carbonyl (C=O) groups is 1. The molecule has 0 atom stereocenters. The molecule has 0 amide bonds. The van der Waals surface area contributed by atoms with Gasteiger partial charge in [0.1, 0.15) is 28.9 Å². The quantitative estimate of drug-likeness (QED) is 0.0645. The van der Waals surface area contributed by atoms with E-state index in [4.69, 9.17) is 26.3 Å². The minimum absolute atomic E-state index is 0.147. The van der Waals surface area contributed by atoms with Crippen LogP contribution in [0.5, 0.6) is 23.0 Å². The van der Waals surface area contributed by atoms with Crippen LogP contribution in [0.2, 0.25) is 0 Å². The normalized spacial score (nSPS) is 11.9. The maximum Gasteiger partial charge on any atom is 0.326 e. The lowest BCUT2D eigenvalue weighted by atomic mass is 10.0. The van der Waals surface area contributed by atoms with Crippen molar-refractivity contribution in [2.45, 2.75) is 0 Å². The molecule has 3 aromatic heterocycles. The molecule has 9 nitrogen and oxygen atoms in total. The summed E-state index contributed by atoms with van der Waals surface area (Å²) in [7, 11) is 0. The van der Waals surface area contributed by atoms with E-state index in [0.717, 1.165) is 66.6 Å². The number of H-pyrrole nitrogens is 2. The van der Waals surface area contributed by atoms with Crippen molar-refractivity contribution in [3.63, 3.8) is 0 Å². The fourth-order valence-corrected chi connectivity index (χ4v) is 7.21. The summed E-state index contributed by atoms with van der Waals surface area (Å²) in [6.07, 6.45) is 7.90. The second-order valence-electron chi connectivity index (χ2n) is 13.3. The highest BCUT2D eigenvalue weighted by molar-refractivity contribution is 6.26. The third kappa shape index (κ3) is 6.46. The Hall–Kier alpha value is -7.36. The summed E-state index contributed by atoms with van der Waals surface area (Å²) in [5.74, 6) is 0.00304. The number of nitrogens with one attached hydrogen (secondary N) is 2. The van der Waals surface area contributed by atoms with Gasteiger partial charge in [0.25, 0.3) is 0 Å². The molecule has 8 bridgehead atoms. The van der Waals surface area contributed by atoms with Gasteiger partial charge in [0, 0.05) is 44.3 Å². The summed E-state index contributed by atoms with van der Waals surface area (Å²) in [6.45, 7) is 0. The van der Waals surface area contributed by atoms with Crippen LogP contribution < -0.4 is 4.74 Å². The number of aromatic amines is 2. The van der Waals surface area contributed by atoms with Gasteiger partial charge in [-0.2, -0.15) is 0 Å². The van der Waals surface area contributed by atoms with Crippen molar-refractivity contribution in [2.75, 3.05) is 5.88 Å². The predicted octanol–water partition coefficient (Wildman–Crippen LogP) is 10.6. The fourth-order valence-electron chi connectivity index (χ4n) is 7.15. The average Bonchev–Trinajstić information content (AvgIpc) is 4.05. The Morgan fingerprint density at radius 1 is 0.464 bits per heavy atom. The number of hydrogen-bond donors (Lipinski definition) is 5. The largest absolute Gasteiger partial charge is 0.508 e. The van der Waals surface area contributed by atoms with Gasteiger partial charge in [0.15, 0.2) is 0 Å². The van der Waals surface area contributed by atoms with E-state index in [-0.39, 0.29) is 23.1 Å². The SMILES string of the molecule is O=C(CCl)Oc1ccc(-c2c3nc(c(-c4ccc(O)cc4)c4ccc([nH]4)c(-c4ccc(O)cc4)c4nc(c(-c5ccc(O)cc5)c5ccc2[nH]5)C=C4)C=C3)cc1. The van der Waals surface area contributed by atoms with E-state index < -0.39 is 5.97 Å². The summed E-state index contributed by atoms with van der Waals surface area (Å²) in [5.41, 5.74) is 12.5. The average molecular weight is 755 g/mol. The van der Waals surface area contributed by atoms with Gasteiger partial charge in [0.05, 0.1) is 22.8 Å². The number of carbonyl (C=O) groups excluding carboxylic acids is 1. The molecule has 10 heteroatoms. The van der Waals surface area contributed by atoms with E-state index in [0.29, 0.717) is 28.5 Å². The summed E-state index contributed by atoms with van der Waals surface area (Å²) >= 11 is 5.69. The van der Waals surface area contributed by atoms with Crippen LogP contribution in [0.4, 0.5) is 0 Å². The number of fused-ring (bicyclic) bond motifs is 8. The highest BCUT2D eigenvalue weighted by Crippen LogP contribution is 2.39. The second-order valence-corrected chi connectivity index (χ2v) is 13.5. The molecule has 0 unspecified atom stereocenters. The van der Waals surface area contributed by atoms with Gasteiger partial charge >= 0.3 is 5.97 Å². The van der Waals surface area contributed by atoms with Crippen molar-refractivity contribution >= 4 is 63.9 Å². The number of rotatable bonds is 6. The zero-order valence-electron chi connectivity index (χ0n) is 29.5. The number of aromatic nitrogens is 4. The lowest BCUT2D eigenvalue weighted by Gasteiger charge is -2.08. The van der Waals surface area contributed by atoms with E-state index in [1.807, 2.05) is 97.1 Å². The van der Waals surface area contributed by atoms with Crippen LogP contribution in [-0.2, 0) is 4.79 Å². The van der Waals surface area contributed by atoms with Crippen molar-refractivity contribution in [3.8, 4) is 67.5 Å². The molecule has 2 aliphatic heterocycles. The monoisotopic (exact) mass is 754 g/mol. The number of phenols is 3. The molecule has 56 heavy (non-hydrogen) atoms. The van der Waals surface area contributed by atoms with Crippen molar-refractivity contribution in [2.24, 2.45) is 0 Å². The number of halogens is 1. The lowest BCUT2D eigenvalue weighted by Crippen LogP contribution is -2.08. The third-order valence-corrected chi connectivity index (χ3v) is 9.92. The van der Waals surface area contributed by atoms with E-state index in [9.17, 15) is 20.1 Å². The summed E-state index contributed by atoms with van der Waals surface area (Å²) in [5, 5.41) is 30.6. The molecule has 0 spiro atoms. The summed E-state index contributed by atoms with van der Waals surface area (Å²) < 4.78 is 5.36. The molecule has 272 valence electrons. The Morgan fingerprint density at radius 3 is 1.04 bits per heavy atom. The lowest BCUT2D eigenvalue weighted by molar-refractivity contribution is -0.131.